The Morgan fingerprint density at radius 1 is 1.43 bits per heavy atom. The molecule has 0 spiro atoms. The van der Waals surface area contributed by atoms with E-state index in [4.69, 9.17) is 5.26 Å². The zero-order chi connectivity index (χ0) is 15.0. The van der Waals surface area contributed by atoms with Crippen LogP contribution >= 0.6 is 15.9 Å². The quantitative estimate of drug-likeness (QED) is 0.914. The summed E-state index contributed by atoms with van der Waals surface area (Å²) < 4.78 is 2.92. The maximum Gasteiger partial charge on any atom is 0.272 e. The van der Waals surface area contributed by atoms with E-state index in [1.807, 2.05) is 29.8 Å². The molecule has 1 aliphatic rings. The smallest absolute Gasteiger partial charge is 0.272 e. The van der Waals surface area contributed by atoms with Crippen LogP contribution in [0.4, 0.5) is 5.69 Å². The van der Waals surface area contributed by atoms with E-state index in [0.29, 0.717) is 23.0 Å². The van der Waals surface area contributed by atoms with Crippen molar-refractivity contribution in [3.63, 3.8) is 0 Å². The van der Waals surface area contributed by atoms with E-state index in [1.54, 1.807) is 12.1 Å². The molecule has 0 atom stereocenters. The third-order valence-corrected chi connectivity index (χ3v) is 4.04. The SMILES string of the molecule is Cc1ccc(C#N)cc1NC(=O)c1cc(Br)cn1C1CC1. The molecule has 1 aromatic heterocycles. The number of hydrogen-bond acceptors (Lipinski definition) is 2. The molecule has 1 heterocycles. The lowest BCUT2D eigenvalue weighted by Crippen LogP contribution is -2.17. The summed E-state index contributed by atoms with van der Waals surface area (Å²) in [5.41, 5.74) is 2.80. The van der Waals surface area contributed by atoms with Crippen molar-refractivity contribution in [2.75, 3.05) is 5.32 Å². The molecule has 106 valence electrons. The Bertz CT molecular complexity index is 753. The Labute approximate surface area is 131 Å². The number of nitrogens with zero attached hydrogens (tertiary/aromatic N) is 2. The van der Waals surface area contributed by atoms with E-state index in [1.165, 1.54) is 0 Å². The van der Waals surface area contributed by atoms with Gasteiger partial charge >= 0.3 is 0 Å². The van der Waals surface area contributed by atoms with Crippen molar-refractivity contribution in [1.29, 1.82) is 5.26 Å². The minimum Gasteiger partial charge on any atom is -0.339 e. The van der Waals surface area contributed by atoms with Crippen molar-refractivity contribution in [2.45, 2.75) is 25.8 Å². The number of aromatic nitrogens is 1. The predicted molar refractivity (Wildman–Crippen MR) is 84.3 cm³/mol. The summed E-state index contributed by atoms with van der Waals surface area (Å²) in [6.45, 7) is 1.91. The second kappa shape index (κ2) is 5.38. The number of nitriles is 1. The molecule has 1 saturated carbocycles. The van der Waals surface area contributed by atoms with Gasteiger partial charge in [-0.25, -0.2) is 0 Å². The van der Waals surface area contributed by atoms with Gasteiger partial charge in [0.05, 0.1) is 11.6 Å². The highest BCUT2D eigenvalue weighted by Crippen LogP contribution is 2.37. The summed E-state index contributed by atoms with van der Waals surface area (Å²) in [6.07, 6.45) is 4.18. The van der Waals surface area contributed by atoms with Gasteiger partial charge in [0.1, 0.15) is 5.69 Å². The standard InChI is InChI=1S/C16H14BrN3O/c1-10-2-3-11(8-18)6-14(10)19-16(21)15-7-12(17)9-20(15)13-4-5-13/h2-3,6-7,9,13H,4-5H2,1H3,(H,19,21). The van der Waals surface area contributed by atoms with Crippen LogP contribution in [0.2, 0.25) is 0 Å². The first-order valence-corrected chi connectivity index (χ1v) is 7.57. The number of halogens is 1. The molecule has 1 amide bonds. The average Bonchev–Trinajstić information content (AvgIpc) is 3.23. The van der Waals surface area contributed by atoms with Crippen LogP contribution in [0.15, 0.2) is 34.9 Å². The molecule has 1 aliphatic carbocycles. The lowest BCUT2D eigenvalue weighted by Gasteiger charge is -2.11. The Morgan fingerprint density at radius 3 is 2.86 bits per heavy atom. The van der Waals surface area contributed by atoms with E-state index >= 15 is 0 Å². The highest BCUT2D eigenvalue weighted by atomic mass is 79.9. The van der Waals surface area contributed by atoms with Crippen LogP contribution in [-0.4, -0.2) is 10.5 Å². The lowest BCUT2D eigenvalue weighted by molar-refractivity contribution is 0.101. The summed E-state index contributed by atoms with van der Waals surface area (Å²) in [4.78, 5) is 12.5. The van der Waals surface area contributed by atoms with Gasteiger partial charge in [-0.05, 0) is 59.5 Å². The van der Waals surface area contributed by atoms with Crippen molar-refractivity contribution in [1.82, 2.24) is 4.57 Å². The van der Waals surface area contributed by atoms with Crippen LogP contribution < -0.4 is 5.32 Å². The Kier molecular flexibility index (Phi) is 3.56. The number of anilines is 1. The first-order valence-electron chi connectivity index (χ1n) is 6.78. The molecule has 0 aliphatic heterocycles. The van der Waals surface area contributed by atoms with E-state index in [-0.39, 0.29) is 5.91 Å². The minimum absolute atomic E-state index is 0.147. The van der Waals surface area contributed by atoms with Crippen LogP contribution in [0, 0.1) is 18.3 Å². The molecular weight excluding hydrogens is 330 g/mol. The molecule has 4 nitrogen and oxygen atoms in total. The number of hydrogen-bond donors (Lipinski definition) is 1. The van der Waals surface area contributed by atoms with Crippen LogP contribution in [0.5, 0.6) is 0 Å². The van der Waals surface area contributed by atoms with E-state index < -0.39 is 0 Å². The summed E-state index contributed by atoms with van der Waals surface area (Å²) >= 11 is 3.43. The topological polar surface area (TPSA) is 57.8 Å². The monoisotopic (exact) mass is 343 g/mol. The molecule has 0 unspecified atom stereocenters. The summed E-state index contributed by atoms with van der Waals surface area (Å²) in [7, 11) is 0. The lowest BCUT2D eigenvalue weighted by atomic mass is 10.1. The molecule has 3 rings (SSSR count). The van der Waals surface area contributed by atoms with Gasteiger partial charge in [-0.1, -0.05) is 6.07 Å². The van der Waals surface area contributed by atoms with Gasteiger partial charge in [0, 0.05) is 22.4 Å². The zero-order valence-electron chi connectivity index (χ0n) is 11.6. The molecule has 1 fully saturated rings. The maximum atomic E-state index is 12.5. The van der Waals surface area contributed by atoms with Crippen LogP contribution in [-0.2, 0) is 0 Å². The Hall–Kier alpha value is -2.06. The van der Waals surface area contributed by atoms with Gasteiger partial charge < -0.3 is 9.88 Å². The molecule has 0 radical (unpaired) electrons. The molecule has 1 aromatic carbocycles. The number of rotatable bonds is 3. The number of amides is 1. The van der Waals surface area contributed by atoms with E-state index in [9.17, 15) is 4.79 Å². The van der Waals surface area contributed by atoms with Gasteiger partial charge in [-0.15, -0.1) is 0 Å². The maximum absolute atomic E-state index is 12.5. The first kappa shape index (κ1) is 13.9. The number of carbonyl (C=O) groups excluding carboxylic acids is 1. The van der Waals surface area contributed by atoms with Gasteiger partial charge in [-0.3, -0.25) is 4.79 Å². The molecule has 0 bridgehead atoms. The van der Waals surface area contributed by atoms with Crippen molar-refractivity contribution >= 4 is 27.5 Å². The van der Waals surface area contributed by atoms with Crippen molar-refractivity contribution in [2.24, 2.45) is 0 Å². The highest BCUT2D eigenvalue weighted by molar-refractivity contribution is 9.10. The third-order valence-electron chi connectivity index (χ3n) is 3.60. The largest absolute Gasteiger partial charge is 0.339 e. The molecule has 2 aromatic rings. The molecule has 5 heteroatoms. The van der Waals surface area contributed by atoms with E-state index in [0.717, 1.165) is 22.9 Å². The highest BCUT2D eigenvalue weighted by Gasteiger charge is 2.27. The third kappa shape index (κ3) is 2.86. The molecular formula is C16H14BrN3O. The number of nitrogens with one attached hydrogen (secondary N) is 1. The van der Waals surface area contributed by atoms with Gasteiger partial charge in [-0.2, -0.15) is 5.26 Å². The van der Waals surface area contributed by atoms with Gasteiger partial charge in [0.15, 0.2) is 0 Å². The second-order valence-corrected chi connectivity index (χ2v) is 6.19. The van der Waals surface area contributed by atoms with Crippen LogP contribution in [0.1, 0.15) is 40.5 Å². The van der Waals surface area contributed by atoms with Crippen molar-refractivity contribution in [3.05, 3.63) is 51.8 Å². The fourth-order valence-corrected chi connectivity index (χ4v) is 2.73. The normalized spacial score (nSPS) is 13.8. The summed E-state index contributed by atoms with van der Waals surface area (Å²) in [5.74, 6) is -0.147. The fourth-order valence-electron chi connectivity index (χ4n) is 2.30. The van der Waals surface area contributed by atoms with Crippen molar-refractivity contribution < 1.29 is 4.79 Å². The molecule has 21 heavy (non-hydrogen) atoms. The Balaban J connectivity index is 1.88. The van der Waals surface area contributed by atoms with Crippen molar-refractivity contribution in [3.8, 4) is 6.07 Å². The number of carbonyl (C=O) groups is 1. The summed E-state index contributed by atoms with van der Waals surface area (Å²) in [6, 6.07) is 9.63. The van der Waals surface area contributed by atoms with Gasteiger partial charge in [0.2, 0.25) is 0 Å². The first-order chi connectivity index (χ1) is 10.1. The van der Waals surface area contributed by atoms with Gasteiger partial charge in [0.25, 0.3) is 5.91 Å². The predicted octanol–water partition coefficient (Wildman–Crippen LogP) is 4.02. The number of aryl methyl sites for hydroxylation is 1. The summed E-state index contributed by atoms with van der Waals surface area (Å²) in [5, 5.41) is 11.9. The molecule has 1 N–H and O–H groups in total. The fraction of sp³-hybridized carbons (Fsp3) is 0.250. The zero-order valence-corrected chi connectivity index (χ0v) is 13.1. The Morgan fingerprint density at radius 2 is 2.19 bits per heavy atom. The minimum atomic E-state index is -0.147. The van der Waals surface area contributed by atoms with Crippen LogP contribution in [0.25, 0.3) is 0 Å². The van der Waals surface area contributed by atoms with Crippen LogP contribution in [0.3, 0.4) is 0 Å². The second-order valence-electron chi connectivity index (χ2n) is 5.28. The average molecular weight is 344 g/mol. The molecule has 0 saturated heterocycles. The van der Waals surface area contributed by atoms with E-state index in [2.05, 4.69) is 27.3 Å². The number of benzene rings is 1.